The summed E-state index contributed by atoms with van der Waals surface area (Å²) in [5.41, 5.74) is 0. The second-order valence-corrected chi connectivity index (χ2v) is 17.4. The van der Waals surface area contributed by atoms with Gasteiger partial charge in [-0.1, -0.05) is 0 Å². The molecule has 6 saturated heterocycles. The molecule has 6 heterocycles. The van der Waals surface area contributed by atoms with Gasteiger partial charge in [0.15, 0.2) is 31.5 Å². The molecule has 0 radical (unpaired) electrons. The molecule has 398 valence electrons. The first-order valence-corrected chi connectivity index (χ1v) is 21.8. The molecule has 12 unspecified atom stereocenters. The fourth-order valence-corrected chi connectivity index (χ4v) is 8.76. The molecule has 30 heteroatoms. The molecule has 0 aliphatic carbocycles. The Hall–Kier alpha value is -1.20. The SMILES string of the molecule is CO[C@@H]1C(CO)O[C@@H](O[C@H]2C(O)C(O)[C@H](O[C@@H]3C(CO)O[C@@H](O[C@H]4C(O)C(O)[C@H](C)O[C@H]4OC[C@H]4O[C@@H](CO)[C@H](O)C(O)C4O)C(O)[C@@H]3O)O[C@H]2CO[C@@H]2O[C@@H](CO)[C@H](O)C(O)C2O)C(O)[C@@H]1O. The lowest BCUT2D eigenvalue weighted by Gasteiger charge is -2.49. The second kappa shape index (κ2) is 24.2. The molecule has 0 spiro atoms. The molecule has 6 rings (SSSR count). The van der Waals surface area contributed by atoms with Gasteiger partial charge < -0.3 is 149 Å². The lowest BCUT2D eigenvalue weighted by atomic mass is 9.95. The number of aliphatic hydroxyl groups excluding tert-OH is 18. The van der Waals surface area contributed by atoms with Crippen molar-refractivity contribution in [3.05, 3.63) is 0 Å². The van der Waals surface area contributed by atoms with Crippen molar-refractivity contribution in [1.82, 2.24) is 0 Å². The van der Waals surface area contributed by atoms with Crippen molar-refractivity contribution in [3.8, 4) is 0 Å². The highest BCUT2D eigenvalue weighted by Gasteiger charge is 2.56. The van der Waals surface area contributed by atoms with Crippen LogP contribution in [-0.2, 0) is 56.8 Å². The summed E-state index contributed by atoms with van der Waals surface area (Å²) in [4.78, 5) is 0. The Morgan fingerprint density at radius 2 is 0.662 bits per heavy atom. The van der Waals surface area contributed by atoms with Crippen molar-refractivity contribution >= 4 is 0 Å². The minimum absolute atomic E-state index is 0.628. The van der Waals surface area contributed by atoms with Gasteiger partial charge in [-0.15, -0.1) is 0 Å². The molecular formula is C38H66O30. The van der Waals surface area contributed by atoms with Crippen LogP contribution in [0.2, 0.25) is 0 Å². The molecule has 0 saturated carbocycles. The van der Waals surface area contributed by atoms with Crippen LogP contribution in [0.25, 0.3) is 0 Å². The van der Waals surface area contributed by atoms with E-state index in [1.807, 2.05) is 0 Å². The first-order chi connectivity index (χ1) is 32.2. The predicted molar refractivity (Wildman–Crippen MR) is 207 cm³/mol. The molecule has 6 aliphatic heterocycles. The van der Waals surface area contributed by atoms with Gasteiger partial charge in [0.2, 0.25) is 0 Å². The van der Waals surface area contributed by atoms with Crippen LogP contribution >= 0.6 is 0 Å². The molecule has 0 aromatic heterocycles. The third-order valence-corrected chi connectivity index (χ3v) is 12.9. The highest BCUT2D eigenvalue weighted by Crippen LogP contribution is 2.36. The number of aliphatic hydroxyl groups is 18. The van der Waals surface area contributed by atoms with Crippen LogP contribution < -0.4 is 0 Å². The molecule has 6 fully saturated rings. The van der Waals surface area contributed by atoms with Crippen molar-refractivity contribution in [3.63, 3.8) is 0 Å². The third kappa shape index (κ3) is 11.6. The molecule has 6 aliphatic rings. The van der Waals surface area contributed by atoms with Crippen molar-refractivity contribution in [2.75, 3.05) is 46.8 Å². The molecule has 0 aromatic rings. The minimum atomic E-state index is -2.19. The standard InChI is InChI=1S/C38H66O30/c1-9-16(43)22(49)33(38(60-9)59-7-14-19(46)20(47)17(44)10(3-39)61-14)68-36-28(55)24(51)31(13(6-42)64-36)66-37-29(56)25(52)32(67-35-27(54)23(50)30(57-2)12(5-41)63-35)15(65-37)8-58-34-26(53)21(48)18(45)11(4-40)62-34/h9-56H,3-8H2,1-2H3/t9-,10-,11-,12?,13?,14+,15-,16?,17-,18-,19?,20?,21?,22?,23-,24-,25?,26?,27?,28?,29?,30+,31+,32+,33-,34+,35-,36-,37-,38+/m0/s1. The highest BCUT2D eigenvalue weighted by atomic mass is 16.8. The zero-order valence-electron chi connectivity index (χ0n) is 36.5. The summed E-state index contributed by atoms with van der Waals surface area (Å²) in [7, 11) is 1.17. The summed E-state index contributed by atoms with van der Waals surface area (Å²) < 4.78 is 67.6. The van der Waals surface area contributed by atoms with E-state index in [-0.39, 0.29) is 0 Å². The van der Waals surface area contributed by atoms with E-state index in [2.05, 4.69) is 0 Å². The third-order valence-electron chi connectivity index (χ3n) is 12.9. The quantitative estimate of drug-likeness (QED) is 0.0643. The van der Waals surface area contributed by atoms with Gasteiger partial charge in [-0.3, -0.25) is 0 Å². The Labute approximate surface area is 386 Å². The van der Waals surface area contributed by atoms with Crippen molar-refractivity contribution < 1.29 is 149 Å². The Kier molecular flexibility index (Phi) is 20.0. The van der Waals surface area contributed by atoms with Gasteiger partial charge in [-0.25, -0.2) is 0 Å². The fourth-order valence-electron chi connectivity index (χ4n) is 8.76. The largest absolute Gasteiger partial charge is 0.394 e. The molecule has 68 heavy (non-hydrogen) atoms. The van der Waals surface area contributed by atoms with E-state index in [0.717, 1.165) is 0 Å². The molecule has 0 amide bonds. The van der Waals surface area contributed by atoms with Crippen LogP contribution in [-0.4, -0.2) is 323 Å². The van der Waals surface area contributed by atoms with E-state index in [1.165, 1.54) is 14.0 Å². The van der Waals surface area contributed by atoms with Crippen molar-refractivity contribution in [2.45, 2.75) is 191 Å². The molecule has 30 atom stereocenters. The lowest BCUT2D eigenvalue weighted by Crippen LogP contribution is -2.67. The molecule has 30 nitrogen and oxygen atoms in total. The van der Waals surface area contributed by atoms with Gasteiger partial charge in [-0.2, -0.15) is 0 Å². The number of hydrogen-bond donors (Lipinski definition) is 18. The maximum Gasteiger partial charge on any atom is 0.187 e. The smallest absolute Gasteiger partial charge is 0.187 e. The predicted octanol–water partition coefficient (Wildman–Crippen LogP) is -12.4. The zero-order valence-corrected chi connectivity index (χ0v) is 36.5. The van der Waals surface area contributed by atoms with E-state index in [9.17, 15) is 91.9 Å². The van der Waals surface area contributed by atoms with Gasteiger partial charge in [0.1, 0.15) is 146 Å². The van der Waals surface area contributed by atoms with E-state index in [0.29, 0.717) is 0 Å². The summed E-state index contributed by atoms with van der Waals surface area (Å²) in [6, 6.07) is 0. The summed E-state index contributed by atoms with van der Waals surface area (Å²) in [6.45, 7) is -3.47. The molecule has 0 bridgehead atoms. The first kappa shape index (κ1) is 56.1. The summed E-state index contributed by atoms with van der Waals surface area (Å²) in [6.07, 6.45) is -52.8. The van der Waals surface area contributed by atoms with Crippen LogP contribution in [0.3, 0.4) is 0 Å². The van der Waals surface area contributed by atoms with Crippen LogP contribution in [0.4, 0.5) is 0 Å². The second-order valence-electron chi connectivity index (χ2n) is 17.4. The molecule has 18 N–H and O–H groups in total. The lowest BCUT2D eigenvalue weighted by molar-refractivity contribution is -0.394. The summed E-state index contributed by atoms with van der Waals surface area (Å²) in [5, 5.41) is 190. The van der Waals surface area contributed by atoms with Crippen LogP contribution in [0.5, 0.6) is 0 Å². The maximum absolute atomic E-state index is 11.5. The van der Waals surface area contributed by atoms with E-state index >= 15 is 0 Å². The zero-order chi connectivity index (χ0) is 50.0. The monoisotopic (exact) mass is 1000 g/mol. The Bertz CT molecular complexity index is 1520. The summed E-state index contributed by atoms with van der Waals surface area (Å²) in [5.74, 6) is 0. The molecule has 0 aromatic carbocycles. The van der Waals surface area contributed by atoms with Gasteiger partial charge in [-0.05, 0) is 6.92 Å². The van der Waals surface area contributed by atoms with E-state index < -0.39 is 224 Å². The molecular weight excluding hydrogens is 936 g/mol. The van der Waals surface area contributed by atoms with Crippen molar-refractivity contribution in [1.29, 1.82) is 0 Å². The van der Waals surface area contributed by atoms with E-state index in [4.69, 9.17) is 56.8 Å². The number of hydrogen-bond acceptors (Lipinski definition) is 30. The van der Waals surface area contributed by atoms with E-state index in [1.54, 1.807) is 0 Å². The van der Waals surface area contributed by atoms with Crippen LogP contribution in [0.15, 0.2) is 0 Å². The average Bonchev–Trinajstić information content (AvgIpc) is 3.33. The van der Waals surface area contributed by atoms with Gasteiger partial charge in [0.25, 0.3) is 0 Å². The number of rotatable bonds is 17. The maximum atomic E-state index is 11.5. The Morgan fingerprint density at radius 1 is 0.309 bits per heavy atom. The minimum Gasteiger partial charge on any atom is -0.394 e. The van der Waals surface area contributed by atoms with Gasteiger partial charge >= 0.3 is 0 Å². The van der Waals surface area contributed by atoms with Gasteiger partial charge in [0.05, 0.1) is 45.7 Å². The number of ether oxygens (including phenoxy) is 12. The topological polar surface area (TPSA) is 475 Å². The highest BCUT2D eigenvalue weighted by molar-refractivity contribution is 4.99. The normalized spacial score (nSPS) is 52.8. The average molecular weight is 1000 g/mol. The van der Waals surface area contributed by atoms with Gasteiger partial charge in [0, 0.05) is 7.11 Å². The van der Waals surface area contributed by atoms with Crippen molar-refractivity contribution in [2.24, 2.45) is 0 Å². The Balaban J connectivity index is 1.18. The first-order valence-electron chi connectivity index (χ1n) is 21.8. The van der Waals surface area contributed by atoms with Crippen LogP contribution in [0, 0.1) is 0 Å². The Morgan fingerprint density at radius 3 is 1.18 bits per heavy atom. The summed E-state index contributed by atoms with van der Waals surface area (Å²) >= 11 is 0. The van der Waals surface area contributed by atoms with Crippen LogP contribution in [0.1, 0.15) is 6.92 Å². The number of methoxy groups -OCH3 is 1. The fraction of sp³-hybridized carbons (Fsp3) is 1.00.